The maximum Gasteiger partial charge on any atom is 0.117 e. The lowest BCUT2D eigenvalue weighted by molar-refractivity contribution is 0.193. The molecule has 2 fully saturated rings. The Morgan fingerprint density at radius 3 is 2.71 bits per heavy atom. The third-order valence-corrected chi connectivity index (χ3v) is 5.14. The van der Waals surface area contributed by atoms with Gasteiger partial charge in [-0.2, -0.15) is 0 Å². The van der Waals surface area contributed by atoms with Crippen molar-refractivity contribution in [3.05, 3.63) is 23.7 Å². The third kappa shape index (κ3) is 4.10. The maximum atomic E-state index is 5.97. The van der Waals surface area contributed by atoms with Gasteiger partial charge in [0.05, 0.1) is 6.54 Å². The zero-order valence-corrected chi connectivity index (χ0v) is 13.6. The molecule has 0 amide bonds. The lowest BCUT2D eigenvalue weighted by Crippen LogP contribution is -2.42. The fourth-order valence-corrected chi connectivity index (χ4v) is 3.39. The molecule has 3 rings (SSSR count). The van der Waals surface area contributed by atoms with Crippen LogP contribution >= 0.6 is 0 Å². The van der Waals surface area contributed by atoms with Crippen LogP contribution in [0.2, 0.25) is 0 Å². The van der Waals surface area contributed by atoms with Gasteiger partial charge >= 0.3 is 0 Å². The first-order chi connectivity index (χ1) is 10.3. The van der Waals surface area contributed by atoms with Gasteiger partial charge in [-0.3, -0.25) is 0 Å². The van der Waals surface area contributed by atoms with Crippen molar-refractivity contribution in [3.8, 4) is 0 Å². The van der Waals surface area contributed by atoms with E-state index in [-0.39, 0.29) is 0 Å². The number of hydrogen-bond donors (Lipinski definition) is 1. The summed E-state index contributed by atoms with van der Waals surface area (Å²) in [5, 5.41) is 3.68. The van der Waals surface area contributed by atoms with E-state index in [1.165, 1.54) is 57.5 Å². The minimum atomic E-state index is 0.663. The number of unbranched alkanes of at least 4 members (excludes halogenated alkanes) is 1. The monoisotopic (exact) mass is 290 g/mol. The van der Waals surface area contributed by atoms with Crippen molar-refractivity contribution in [3.63, 3.8) is 0 Å². The summed E-state index contributed by atoms with van der Waals surface area (Å²) < 4.78 is 5.97. The van der Waals surface area contributed by atoms with Crippen LogP contribution < -0.4 is 5.32 Å². The van der Waals surface area contributed by atoms with Gasteiger partial charge in [0.1, 0.15) is 11.5 Å². The molecule has 1 saturated heterocycles. The van der Waals surface area contributed by atoms with Crippen LogP contribution in [0, 0.1) is 5.92 Å². The quantitative estimate of drug-likeness (QED) is 0.829. The molecular weight excluding hydrogens is 260 g/mol. The smallest absolute Gasteiger partial charge is 0.117 e. The van der Waals surface area contributed by atoms with Gasteiger partial charge in [0.15, 0.2) is 0 Å². The first kappa shape index (κ1) is 15.1. The van der Waals surface area contributed by atoms with Crippen LogP contribution in [0.5, 0.6) is 0 Å². The SMILES string of the molecule is CCCCN1CCC(NCc2ccc(C3CC3C)o2)CC1. The van der Waals surface area contributed by atoms with Crippen molar-refractivity contribution in [1.29, 1.82) is 0 Å². The van der Waals surface area contributed by atoms with Gasteiger partial charge in [-0.05, 0) is 63.4 Å². The molecule has 1 aliphatic heterocycles. The predicted molar refractivity (Wildman–Crippen MR) is 86.4 cm³/mol. The van der Waals surface area contributed by atoms with E-state index in [4.69, 9.17) is 4.42 Å². The second kappa shape index (κ2) is 6.97. The van der Waals surface area contributed by atoms with E-state index in [0.29, 0.717) is 12.0 Å². The zero-order chi connectivity index (χ0) is 14.7. The largest absolute Gasteiger partial charge is 0.464 e. The molecule has 0 bridgehead atoms. The molecule has 118 valence electrons. The Labute approximate surface area is 129 Å². The number of nitrogens with one attached hydrogen (secondary N) is 1. The van der Waals surface area contributed by atoms with Gasteiger partial charge in [0, 0.05) is 12.0 Å². The Morgan fingerprint density at radius 1 is 1.29 bits per heavy atom. The van der Waals surface area contributed by atoms with Crippen LogP contribution in [0.3, 0.4) is 0 Å². The van der Waals surface area contributed by atoms with Crippen molar-refractivity contribution >= 4 is 0 Å². The minimum absolute atomic E-state index is 0.663. The summed E-state index contributed by atoms with van der Waals surface area (Å²) in [6.45, 7) is 9.25. The normalized spacial score (nSPS) is 27.1. The number of hydrogen-bond acceptors (Lipinski definition) is 3. The highest BCUT2D eigenvalue weighted by Gasteiger charge is 2.36. The topological polar surface area (TPSA) is 28.4 Å². The van der Waals surface area contributed by atoms with Crippen LogP contribution in [0.25, 0.3) is 0 Å². The Hall–Kier alpha value is -0.800. The highest BCUT2D eigenvalue weighted by Crippen LogP contribution is 2.47. The summed E-state index contributed by atoms with van der Waals surface area (Å²) in [5.74, 6) is 3.83. The van der Waals surface area contributed by atoms with E-state index in [0.717, 1.165) is 18.2 Å². The molecule has 2 unspecified atom stereocenters. The highest BCUT2D eigenvalue weighted by atomic mass is 16.3. The van der Waals surface area contributed by atoms with Gasteiger partial charge in [0.2, 0.25) is 0 Å². The summed E-state index contributed by atoms with van der Waals surface area (Å²) in [5.41, 5.74) is 0. The molecule has 1 saturated carbocycles. The van der Waals surface area contributed by atoms with Crippen LogP contribution in [0.15, 0.2) is 16.5 Å². The van der Waals surface area contributed by atoms with Crippen LogP contribution in [-0.4, -0.2) is 30.6 Å². The van der Waals surface area contributed by atoms with E-state index in [9.17, 15) is 0 Å². The van der Waals surface area contributed by atoms with Gasteiger partial charge in [-0.15, -0.1) is 0 Å². The molecule has 1 N–H and O–H groups in total. The van der Waals surface area contributed by atoms with Crippen molar-refractivity contribution < 1.29 is 4.42 Å². The average Bonchev–Trinajstić information content (AvgIpc) is 3.05. The van der Waals surface area contributed by atoms with E-state index < -0.39 is 0 Å². The Morgan fingerprint density at radius 2 is 2.05 bits per heavy atom. The van der Waals surface area contributed by atoms with Crippen molar-refractivity contribution in [2.45, 2.75) is 64.5 Å². The molecule has 2 aliphatic rings. The molecule has 0 aromatic carbocycles. The molecule has 1 aromatic heterocycles. The van der Waals surface area contributed by atoms with Gasteiger partial charge in [-0.1, -0.05) is 20.3 Å². The Kier molecular flexibility index (Phi) is 5.02. The molecule has 3 heteroatoms. The molecule has 0 radical (unpaired) electrons. The zero-order valence-electron chi connectivity index (χ0n) is 13.6. The number of likely N-dealkylation sites (tertiary alicyclic amines) is 1. The fraction of sp³-hybridized carbons (Fsp3) is 0.778. The molecule has 0 spiro atoms. The maximum absolute atomic E-state index is 5.97. The van der Waals surface area contributed by atoms with Crippen LogP contribution in [0.1, 0.15) is 63.4 Å². The molecule has 21 heavy (non-hydrogen) atoms. The number of nitrogens with zero attached hydrogens (tertiary/aromatic N) is 1. The summed E-state index contributed by atoms with van der Waals surface area (Å²) >= 11 is 0. The molecular formula is C18H30N2O. The Bertz CT molecular complexity index is 434. The Balaban J connectivity index is 1.37. The number of rotatable bonds is 7. The molecule has 3 nitrogen and oxygen atoms in total. The van der Waals surface area contributed by atoms with E-state index in [1.54, 1.807) is 0 Å². The minimum Gasteiger partial charge on any atom is -0.464 e. The van der Waals surface area contributed by atoms with Crippen molar-refractivity contribution in [2.75, 3.05) is 19.6 Å². The number of piperidine rings is 1. The lowest BCUT2D eigenvalue weighted by atomic mass is 10.0. The van der Waals surface area contributed by atoms with Gasteiger partial charge in [0.25, 0.3) is 0 Å². The van der Waals surface area contributed by atoms with Crippen LogP contribution in [-0.2, 0) is 6.54 Å². The second-order valence-electron chi connectivity index (χ2n) is 6.97. The molecule has 1 aliphatic carbocycles. The summed E-state index contributed by atoms with van der Waals surface area (Å²) in [6, 6.07) is 5.00. The average molecular weight is 290 g/mol. The van der Waals surface area contributed by atoms with E-state index in [2.05, 4.69) is 36.2 Å². The van der Waals surface area contributed by atoms with Gasteiger partial charge < -0.3 is 14.6 Å². The van der Waals surface area contributed by atoms with Crippen LogP contribution in [0.4, 0.5) is 0 Å². The lowest BCUT2D eigenvalue weighted by Gasteiger charge is -2.32. The second-order valence-corrected chi connectivity index (χ2v) is 6.97. The van der Waals surface area contributed by atoms with Crippen molar-refractivity contribution in [1.82, 2.24) is 10.2 Å². The first-order valence-electron chi connectivity index (χ1n) is 8.80. The molecule has 2 heterocycles. The summed E-state index contributed by atoms with van der Waals surface area (Å²) in [6.07, 6.45) is 6.50. The molecule has 1 aromatic rings. The third-order valence-electron chi connectivity index (χ3n) is 5.14. The van der Waals surface area contributed by atoms with E-state index in [1.807, 2.05) is 0 Å². The first-order valence-corrected chi connectivity index (χ1v) is 8.80. The van der Waals surface area contributed by atoms with Gasteiger partial charge in [-0.25, -0.2) is 0 Å². The van der Waals surface area contributed by atoms with Crippen molar-refractivity contribution in [2.24, 2.45) is 5.92 Å². The standard InChI is InChI=1S/C18H30N2O/c1-3-4-9-20-10-7-15(8-11-20)19-13-16-5-6-18(21-16)17-12-14(17)2/h5-6,14-15,17,19H,3-4,7-13H2,1-2H3. The molecule has 2 atom stereocenters. The highest BCUT2D eigenvalue weighted by molar-refractivity contribution is 5.17. The fourth-order valence-electron chi connectivity index (χ4n) is 3.39. The van der Waals surface area contributed by atoms with E-state index >= 15 is 0 Å². The summed E-state index contributed by atoms with van der Waals surface area (Å²) in [7, 11) is 0. The summed E-state index contributed by atoms with van der Waals surface area (Å²) in [4.78, 5) is 2.61. The number of furan rings is 1. The predicted octanol–water partition coefficient (Wildman–Crippen LogP) is 3.76.